The normalized spacial score (nSPS) is 11.5. The summed E-state index contributed by atoms with van der Waals surface area (Å²) in [5, 5.41) is 22.7. The highest BCUT2D eigenvalue weighted by Gasteiger charge is 2.22. The number of rotatable bonds is 7. The third-order valence-corrected chi connectivity index (χ3v) is 5.02. The highest BCUT2D eigenvalue weighted by atomic mass is 16.5. The van der Waals surface area contributed by atoms with Gasteiger partial charge in [0.15, 0.2) is 6.10 Å². The van der Waals surface area contributed by atoms with Gasteiger partial charge in [0.25, 0.3) is 5.91 Å². The zero-order valence-corrected chi connectivity index (χ0v) is 17.2. The number of amides is 1. The zero-order chi connectivity index (χ0) is 22.3. The molecule has 0 fully saturated rings. The first-order valence-corrected chi connectivity index (χ1v) is 10.2. The summed E-state index contributed by atoms with van der Waals surface area (Å²) in [7, 11) is 0. The fourth-order valence-electron chi connectivity index (χ4n) is 3.39. The minimum atomic E-state index is -0.964. The Labute approximate surface area is 185 Å². The fraction of sp³-hybridized carbons (Fsp3) is 0.115. The monoisotopic (exact) mass is 423 g/mol. The molecule has 6 nitrogen and oxygen atoms in total. The summed E-state index contributed by atoms with van der Waals surface area (Å²) in [4.78, 5) is 17.3. The van der Waals surface area contributed by atoms with E-state index in [1.165, 1.54) is 0 Å². The second-order valence-electron chi connectivity index (χ2n) is 7.19. The van der Waals surface area contributed by atoms with Crippen LogP contribution in [0.5, 0.6) is 5.88 Å². The fourth-order valence-corrected chi connectivity index (χ4v) is 3.39. The van der Waals surface area contributed by atoms with E-state index < -0.39 is 12.0 Å². The van der Waals surface area contributed by atoms with Crippen LogP contribution in [0, 0.1) is 11.3 Å². The van der Waals surface area contributed by atoms with Crippen molar-refractivity contribution >= 4 is 22.5 Å². The topological polar surface area (TPSA) is 95.2 Å². The summed E-state index contributed by atoms with van der Waals surface area (Å²) in [6, 6.07) is 28.2. The Morgan fingerprint density at radius 2 is 1.78 bits per heavy atom. The summed E-state index contributed by atoms with van der Waals surface area (Å²) >= 11 is 0. The molecule has 1 aromatic heterocycles. The van der Waals surface area contributed by atoms with Crippen LogP contribution >= 0.6 is 0 Å². The third-order valence-electron chi connectivity index (χ3n) is 5.02. The minimum absolute atomic E-state index is 0.0876. The quantitative estimate of drug-likeness (QED) is 0.455. The van der Waals surface area contributed by atoms with Gasteiger partial charge >= 0.3 is 0 Å². The van der Waals surface area contributed by atoms with Crippen molar-refractivity contribution in [2.75, 3.05) is 11.9 Å². The molecule has 0 aliphatic heterocycles. The Hall–Kier alpha value is -4.21. The van der Waals surface area contributed by atoms with Gasteiger partial charge in [-0.2, -0.15) is 5.26 Å². The van der Waals surface area contributed by atoms with E-state index in [1.807, 2.05) is 66.7 Å². The van der Waals surface area contributed by atoms with Gasteiger partial charge in [-0.25, -0.2) is 4.98 Å². The van der Waals surface area contributed by atoms with Gasteiger partial charge in [-0.05, 0) is 35.4 Å². The van der Waals surface area contributed by atoms with Gasteiger partial charge in [0, 0.05) is 24.5 Å². The van der Waals surface area contributed by atoms with E-state index in [-0.39, 0.29) is 18.9 Å². The number of ether oxygens (including phenoxy) is 1. The number of nitrogens with one attached hydrogen (secondary N) is 1. The van der Waals surface area contributed by atoms with Crippen molar-refractivity contribution in [3.63, 3.8) is 0 Å². The predicted octanol–water partition coefficient (Wildman–Crippen LogP) is 4.54. The number of hydrogen-bond donors (Lipinski definition) is 2. The number of pyridine rings is 1. The molecule has 0 radical (unpaired) electrons. The number of nitrogens with zero attached hydrogens (tertiary/aromatic N) is 2. The molecule has 0 spiro atoms. The highest BCUT2D eigenvalue weighted by molar-refractivity contribution is 5.96. The molecule has 0 bridgehead atoms. The number of carbonyl (C=O) groups is 1. The summed E-state index contributed by atoms with van der Waals surface area (Å²) in [5.41, 5.74) is 3.33. The molecule has 4 aromatic rings. The van der Waals surface area contributed by atoms with Crippen molar-refractivity contribution in [2.24, 2.45) is 0 Å². The largest absolute Gasteiger partial charge is 0.464 e. The van der Waals surface area contributed by atoms with E-state index in [1.54, 1.807) is 18.2 Å². The van der Waals surface area contributed by atoms with Crippen molar-refractivity contribution in [2.45, 2.75) is 12.5 Å². The molecular formula is C26H21N3O3. The van der Waals surface area contributed by atoms with Gasteiger partial charge in [-0.1, -0.05) is 54.6 Å². The molecule has 0 saturated heterocycles. The number of aliphatic hydroxyl groups is 1. The van der Waals surface area contributed by atoms with Crippen molar-refractivity contribution < 1.29 is 14.6 Å². The van der Waals surface area contributed by atoms with Crippen LogP contribution < -0.4 is 10.1 Å². The van der Waals surface area contributed by atoms with Gasteiger partial charge in [0.2, 0.25) is 5.88 Å². The van der Waals surface area contributed by atoms with Crippen LogP contribution in [-0.2, 0) is 4.79 Å². The van der Waals surface area contributed by atoms with Crippen LogP contribution in [-0.4, -0.2) is 28.7 Å². The number of carbonyl (C=O) groups excluding carboxylic acids is 1. The lowest BCUT2D eigenvalue weighted by atomic mass is 10.0. The predicted molar refractivity (Wildman–Crippen MR) is 123 cm³/mol. The maximum Gasteiger partial charge on any atom is 0.265 e. The van der Waals surface area contributed by atoms with E-state index >= 15 is 0 Å². The molecule has 4 rings (SSSR count). The molecular weight excluding hydrogens is 402 g/mol. The summed E-state index contributed by atoms with van der Waals surface area (Å²) in [6.45, 7) is -0.232. The molecule has 0 aliphatic carbocycles. The number of aliphatic hydroxyl groups excluding tert-OH is 1. The first kappa shape index (κ1) is 21.0. The molecule has 158 valence electrons. The standard InChI is InChI=1S/C26H21N3O3/c27-17-21-16-20(18-6-2-1-3-7-18)10-12-23(21)29-26(31)24(14-15-30)32-25-13-11-19-8-4-5-9-22(19)28-25/h1-13,16,24,30H,14-15H2,(H,29,31). The summed E-state index contributed by atoms with van der Waals surface area (Å²) in [5.74, 6) is -0.171. The number of fused-ring (bicyclic) bond motifs is 1. The van der Waals surface area contributed by atoms with Crippen LogP contribution in [0.4, 0.5) is 5.69 Å². The smallest absolute Gasteiger partial charge is 0.265 e. The number of aromatic nitrogens is 1. The highest BCUT2D eigenvalue weighted by Crippen LogP contribution is 2.25. The van der Waals surface area contributed by atoms with E-state index in [0.717, 1.165) is 22.0 Å². The molecule has 1 amide bonds. The molecule has 1 heterocycles. The zero-order valence-electron chi connectivity index (χ0n) is 17.2. The third kappa shape index (κ3) is 4.75. The lowest BCUT2D eigenvalue weighted by molar-refractivity contribution is -0.123. The van der Waals surface area contributed by atoms with Crippen LogP contribution in [0.2, 0.25) is 0 Å². The van der Waals surface area contributed by atoms with Crippen molar-refractivity contribution in [1.82, 2.24) is 4.98 Å². The maximum atomic E-state index is 12.9. The molecule has 2 N–H and O–H groups in total. The first-order valence-electron chi connectivity index (χ1n) is 10.2. The lowest BCUT2D eigenvalue weighted by Crippen LogP contribution is -2.34. The van der Waals surface area contributed by atoms with Crippen LogP contribution in [0.1, 0.15) is 12.0 Å². The number of benzene rings is 3. The van der Waals surface area contributed by atoms with Crippen molar-refractivity contribution in [1.29, 1.82) is 5.26 Å². The molecule has 6 heteroatoms. The van der Waals surface area contributed by atoms with Gasteiger partial charge < -0.3 is 15.2 Å². The summed E-state index contributed by atoms with van der Waals surface area (Å²) in [6.07, 6.45) is -0.876. The first-order chi connectivity index (χ1) is 15.7. The van der Waals surface area contributed by atoms with Crippen molar-refractivity contribution in [3.8, 4) is 23.1 Å². The van der Waals surface area contributed by atoms with Gasteiger partial charge in [-0.3, -0.25) is 4.79 Å². The van der Waals surface area contributed by atoms with Gasteiger partial charge in [0.05, 0.1) is 16.8 Å². The van der Waals surface area contributed by atoms with E-state index in [2.05, 4.69) is 16.4 Å². The van der Waals surface area contributed by atoms with Crippen molar-refractivity contribution in [3.05, 3.63) is 90.5 Å². The molecule has 1 unspecified atom stereocenters. The van der Waals surface area contributed by atoms with Gasteiger partial charge in [-0.15, -0.1) is 0 Å². The Balaban J connectivity index is 1.54. The van der Waals surface area contributed by atoms with Crippen LogP contribution in [0.25, 0.3) is 22.0 Å². The van der Waals surface area contributed by atoms with E-state index in [9.17, 15) is 15.2 Å². The van der Waals surface area contributed by atoms with E-state index in [4.69, 9.17) is 4.74 Å². The van der Waals surface area contributed by atoms with Crippen LogP contribution in [0.15, 0.2) is 84.9 Å². The number of hydrogen-bond acceptors (Lipinski definition) is 5. The average molecular weight is 423 g/mol. The molecule has 3 aromatic carbocycles. The maximum absolute atomic E-state index is 12.9. The lowest BCUT2D eigenvalue weighted by Gasteiger charge is -2.18. The average Bonchev–Trinajstić information content (AvgIpc) is 2.84. The molecule has 32 heavy (non-hydrogen) atoms. The number of anilines is 1. The Morgan fingerprint density at radius 1 is 1.00 bits per heavy atom. The second kappa shape index (κ2) is 9.73. The molecule has 0 aliphatic rings. The summed E-state index contributed by atoms with van der Waals surface area (Å²) < 4.78 is 5.80. The Kier molecular flexibility index (Phi) is 6.40. The number of para-hydroxylation sites is 1. The Bertz CT molecular complexity index is 1280. The SMILES string of the molecule is N#Cc1cc(-c2ccccc2)ccc1NC(=O)C(CCO)Oc1ccc2ccccc2n1. The number of nitriles is 1. The minimum Gasteiger partial charge on any atom is -0.464 e. The Morgan fingerprint density at radius 3 is 2.56 bits per heavy atom. The van der Waals surface area contributed by atoms with Crippen LogP contribution in [0.3, 0.4) is 0 Å². The molecule has 0 saturated carbocycles. The van der Waals surface area contributed by atoms with Gasteiger partial charge in [0.1, 0.15) is 6.07 Å². The second-order valence-corrected chi connectivity index (χ2v) is 7.19. The van der Waals surface area contributed by atoms with E-state index in [0.29, 0.717) is 11.3 Å². The molecule has 1 atom stereocenters.